The number of rotatable bonds is 4. The van der Waals surface area contributed by atoms with Gasteiger partial charge in [-0.15, -0.1) is 0 Å². The minimum Gasteiger partial charge on any atom is -0.323 e. The van der Waals surface area contributed by atoms with E-state index in [1.165, 1.54) is 0 Å². The molecule has 3 heterocycles. The second-order valence-corrected chi connectivity index (χ2v) is 7.45. The fourth-order valence-electron chi connectivity index (χ4n) is 3.35. The van der Waals surface area contributed by atoms with Crippen LogP contribution in [0.4, 0.5) is 18.9 Å². The summed E-state index contributed by atoms with van der Waals surface area (Å²) in [7, 11) is 0. The van der Waals surface area contributed by atoms with Crippen LogP contribution in [0.15, 0.2) is 53.8 Å². The van der Waals surface area contributed by atoms with Gasteiger partial charge >= 0.3 is 6.18 Å². The third kappa shape index (κ3) is 4.00. The van der Waals surface area contributed by atoms with E-state index in [1.807, 2.05) is 0 Å². The van der Waals surface area contributed by atoms with Crippen LogP contribution in [0, 0.1) is 0 Å². The number of halogens is 3. The number of carbonyl (C=O) groups excluding carboxylic acids is 1. The number of nitrogens with zero attached hydrogens (tertiary/aromatic N) is 4. The van der Waals surface area contributed by atoms with Gasteiger partial charge in [0.25, 0.3) is 5.56 Å². The number of fused-ring (bicyclic) bond motifs is 2. The van der Waals surface area contributed by atoms with Crippen LogP contribution in [0.5, 0.6) is 0 Å². The highest BCUT2D eigenvalue weighted by Gasteiger charge is 2.31. The van der Waals surface area contributed by atoms with E-state index in [1.54, 1.807) is 49.1 Å². The third-order valence-electron chi connectivity index (χ3n) is 4.85. The summed E-state index contributed by atoms with van der Waals surface area (Å²) in [6, 6.07) is 6.40. The largest absolute Gasteiger partial charge is 0.416 e. The number of hydrogen-bond donors (Lipinski definition) is 1. The van der Waals surface area contributed by atoms with Crippen molar-refractivity contribution in [2.24, 2.45) is 0 Å². The minimum atomic E-state index is -4.53. The molecule has 4 rings (SSSR count). The highest BCUT2D eigenvalue weighted by atomic mass is 19.4. The van der Waals surface area contributed by atoms with Gasteiger partial charge in [0.15, 0.2) is 0 Å². The second-order valence-electron chi connectivity index (χ2n) is 7.45. The van der Waals surface area contributed by atoms with E-state index in [4.69, 9.17) is 0 Å². The van der Waals surface area contributed by atoms with Crippen LogP contribution in [0.3, 0.4) is 0 Å². The summed E-state index contributed by atoms with van der Waals surface area (Å²) < 4.78 is 42.1. The number of pyridine rings is 1. The normalized spacial score (nSPS) is 12.1. The second kappa shape index (κ2) is 7.53. The molecule has 0 fully saturated rings. The highest BCUT2D eigenvalue weighted by Crippen LogP contribution is 2.32. The lowest BCUT2D eigenvalue weighted by Gasteiger charge is -2.15. The molecule has 4 aromatic rings. The summed E-state index contributed by atoms with van der Waals surface area (Å²) in [5.74, 6) is -0.750. The number of nitrogens with one attached hydrogen (secondary N) is 1. The van der Waals surface area contributed by atoms with E-state index in [9.17, 15) is 22.8 Å². The molecule has 0 bridgehead atoms. The van der Waals surface area contributed by atoms with E-state index in [0.717, 1.165) is 28.4 Å². The van der Waals surface area contributed by atoms with Gasteiger partial charge in [-0.3, -0.25) is 9.59 Å². The van der Waals surface area contributed by atoms with E-state index in [2.05, 4.69) is 15.4 Å². The molecule has 0 aliphatic carbocycles. The Morgan fingerprint density at radius 2 is 1.94 bits per heavy atom. The lowest BCUT2D eigenvalue weighted by Crippen LogP contribution is -2.31. The number of amides is 1. The molecule has 0 spiro atoms. The maximum Gasteiger partial charge on any atom is 0.416 e. The molecule has 10 heteroatoms. The Bertz CT molecular complexity index is 1350. The fourth-order valence-corrected chi connectivity index (χ4v) is 3.35. The quantitative estimate of drug-likeness (QED) is 0.535. The van der Waals surface area contributed by atoms with Gasteiger partial charge in [0.05, 0.1) is 40.4 Å². The van der Waals surface area contributed by atoms with Gasteiger partial charge in [0.2, 0.25) is 5.91 Å². The zero-order valence-corrected chi connectivity index (χ0v) is 16.6. The van der Waals surface area contributed by atoms with Gasteiger partial charge in [-0.25, -0.2) is 9.67 Å². The van der Waals surface area contributed by atoms with Crippen LogP contribution in [-0.4, -0.2) is 25.1 Å². The highest BCUT2D eigenvalue weighted by molar-refractivity contribution is 5.91. The van der Waals surface area contributed by atoms with Crippen molar-refractivity contribution in [2.75, 3.05) is 5.32 Å². The average Bonchev–Trinajstić information content (AvgIpc) is 3.16. The number of alkyl halides is 3. The summed E-state index contributed by atoms with van der Waals surface area (Å²) >= 11 is 0. The van der Waals surface area contributed by atoms with Gasteiger partial charge in [-0.05, 0) is 36.2 Å². The van der Waals surface area contributed by atoms with E-state index in [-0.39, 0.29) is 23.2 Å². The molecule has 1 aromatic carbocycles. The number of carbonyl (C=O) groups is 1. The Morgan fingerprint density at radius 1 is 1.16 bits per heavy atom. The first-order valence-corrected chi connectivity index (χ1v) is 9.47. The maximum atomic E-state index is 13.1. The molecule has 0 saturated carbocycles. The molecule has 1 N–H and O–H groups in total. The van der Waals surface area contributed by atoms with Crippen molar-refractivity contribution >= 4 is 27.9 Å². The Kier molecular flexibility index (Phi) is 5.00. The van der Waals surface area contributed by atoms with Crippen molar-refractivity contribution in [3.05, 3.63) is 70.7 Å². The van der Waals surface area contributed by atoms with Gasteiger partial charge in [0.1, 0.15) is 6.54 Å². The first kappa shape index (κ1) is 20.6. The summed E-state index contributed by atoms with van der Waals surface area (Å²) in [6.45, 7) is 3.14. The van der Waals surface area contributed by atoms with Crippen LogP contribution in [0.25, 0.3) is 16.3 Å². The molecule has 0 atom stereocenters. The SMILES string of the molecule is CC(C)c1nn(CC(=O)Nc2ccc3cncn3c2)c(=O)c2ccc(C(F)(F)F)cc12. The average molecular weight is 429 g/mol. The third-order valence-corrected chi connectivity index (χ3v) is 4.85. The smallest absolute Gasteiger partial charge is 0.323 e. The number of aromatic nitrogens is 4. The Labute approximate surface area is 174 Å². The minimum absolute atomic E-state index is 0.0827. The van der Waals surface area contributed by atoms with Crippen molar-refractivity contribution < 1.29 is 18.0 Å². The lowest BCUT2D eigenvalue weighted by molar-refractivity contribution is -0.137. The molecule has 0 aliphatic rings. The molecule has 0 radical (unpaired) electrons. The predicted octanol–water partition coefficient (Wildman–Crippen LogP) is 3.83. The van der Waals surface area contributed by atoms with Crippen LogP contribution >= 0.6 is 0 Å². The van der Waals surface area contributed by atoms with Gasteiger partial charge < -0.3 is 9.72 Å². The molecule has 31 heavy (non-hydrogen) atoms. The monoisotopic (exact) mass is 429 g/mol. The summed E-state index contributed by atoms with van der Waals surface area (Å²) in [5.41, 5.74) is 0.184. The predicted molar refractivity (Wildman–Crippen MR) is 109 cm³/mol. The molecular formula is C21H18F3N5O2. The van der Waals surface area contributed by atoms with Crippen LogP contribution in [0.2, 0.25) is 0 Å². The van der Waals surface area contributed by atoms with E-state index in [0.29, 0.717) is 11.4 Å². The fraction of sp³-hybridized carbons (Fsp3) is 0.238. The van der Waals surface area contributed by atoms with Crippen molar-refractivity contribution in [2.45, 2.75) is 32.5 Å². The first-order valence-electron chi connectivity index (χ1n) is 9.47. The number of hydrogen-bond acceptors (Lipinski definition) is 4. The zero-order chi connectivity index (χ0) is 22.3. The van der Waals surface area contributed by atoms with Crippen molar-refractivity contribution in [3.8, 4) is 0 Å². The number of imidazole rings is 1. The lowest BCUT2D eigenvalue weighted by atomic mass is 10.0. The molecule has 7 nitrogen and oxygen atoms in total. The Hall–Kier alpha value is -3.69. The maximum absolute atomic E-state index is 13.1. The molecule has 1 amide bonds. The van der Waals surface area contributed by atoms with Crippen LogP contribution in [-0.2, 0) is 17.5 Å². The standard InChI is InChI=1S/C21H18F3N5O2/c1-12(2)19-17-7-13(21(22,23)24)3-6-16(17)20(31)29(27-19)10-18(30)26-14-4-5-15-8-25-11-28(15)9-14/h3-9,11-12H,10H2,1-2H3,(H,26,30). The van der Waals surface area contributed by atoms with Crippen molar-refractivity contribution in [1.82, 2.24) is 19.2 Å². The van der Waals surface area contributed by atoms with Gasteiger partial charge in [-0.2, -0.15) is 18.3 Å². The molecule has 0 unspecified atom stereocenters. The van der Waals surface area contributed by atoms with Crippen molar-refractivity contribution in [1.29, 1.82) is 0 Å². The topological polar surface area (TPSA) is 81.3 Å². The molecule has 160 valence electrons. The van der Waals surface area contributed by atoms with Gasteiger partial charge in [-0.1, -0.05) is 13.8 Å². The molecule has 0 aliphatic heterocycles. The zero-order valence-electron chi connectivity index (χ0n) is 16.6. The number of benzene rings is 1. The summed E-state index contributed by atoms with van der Waals surface area (Å²) in [5, 5.41) is 7.12. The molecule has 0 saturated heterocycles. The Morgan fingerprint density at radius 3 is 2.65 bits per heavy atom. The molecule has 3 aromatic heterocycles. The van der Waals surface area contributed by atoms with Crippen LogP contribution < -0.4 is 10.9 Å². The molecular weight excluding hydrogens is 411 g/mol. The van der Waals surface area contributed by atoms with Crippen molar-refractivity contribution in [3.63, 3.8) is 0 Å². The summed E-state index contributed by atoms with van der Waals surface area (Å²) in [6.07, 6.45) is 0.398. The summed E-state index contributed by atoms with van der Waals surface area (Å²) in [4.78, 5) is 29.3. The first-order chi connectivity index (χ1) is 14.6. The van der Waals surface area contributed by atoms with Gasteiger partial charge in [0, 0.05) is 11.6 Å². The van der Waals surface area contributed by atoms with E-state index < -0.39 is 23.2 Å². The Balaban J connectivity index is 1.68. The van der Waals surface area contributed by atoms with E-state index >= 15 is 0 Å². The number of anilines is 1. The van der Waals surface area contributed by atoms with Crippen LogP contribution in [0.1, 0.15) is 31.0 Å².